The Kier molecular flexibility index (Phi) is 5.66. The molecule has 0 bridgehead atoms. The van der Waals surface area contributed by atoms with Crippen LogP contribution < -0.4 is 0 Å². The number of hydrogen-bond donors (Lipinski definition) is 2. The van der Waals surface area contributed by atoms with Crippen LogP contribution in [0.25, 0.3) is 0 Å². The van der Waals surface area contributed by atoms with E-state index in [1.54, 1.807) is 0 Å². The van der Waals surface area contributed by atoms with E-state index in [9.17, 15) is 4.79 Å². The largest absolute Gasteiger partial charge is 0.463 e. The second-order valence-electron chi connectivity index (χ2n) is 2.75. The van der Waals surface area contributed by atoms with Crippen molar-refractivity contribution in [2.45, 2.75) is 38.9 Å². The molecule has 0 radical (unpaired) electrons. The number of rotatable bonds is 5. The molecule has 0 heterocycles. The Morgan fingerprint density at radius 3 is 2.42 bits per heavy atom. The first-order chi connectivity index (χ1) is 5.56. The maximum atomic E-state index is 10.3. The summed E-state index contributed by atoms with van der Waals surface area (Å²) in [6.45, 7) is 3.07. The third-order valence-electron chi connectivity index (χ3n) is 1.49. The second kappa shape index (κ2) is 5.97. The molecule has 0 spiro atoms. The molecular formula is C8H16O4. The summed E-state index contributed by atoms with van der Waals surface area (Å²) in [5.41, 5.74) is 0. The predicted octanol–water partition coefficient (Wildman–Crippen LogP) is 0.0714. The number of carbonyl (C=O) groups excluding carboxylic acids is 1. The first-order valence-corrected chi connectivity index (χ1v) is 4.05. The monoisotopic (exact) mass is 176 g/mol. The summed E-state index contributed by atoms with van der Waals surface area (Å²) in [4.78, 5) is 10.3. The van der Waals surface area contributed by atoms with Gasteiger partial charge in [0.15, 0.2) is 0 Å². The molecule has 0 aliphatic rings. The summed E-state index contributed by atoms with van der Waals surface area (Å²) >= 11 is 0. The van der Waals surface area contributed by atoms with Crippen LogP contribution in [0.15, 0.2) is 0 Å². The van der Waals surface area contributed by atoms with Gasteiger partial charge in [0.1, 0.15) is 6.61 Å². The van der Waals surface area contributed by atoms with E-state index in [-0.39, 0.29) is 13.0 Å². The van der Waals surface area contributed by atoms with Gasteiger partial charge < -0.3 is 14.9 Å². The molecule has 0 unspecified atom stereocenters. The Balaban J connectivity index is 3.45. The minimum Gasteiger partial charge on any atom is -0.463 e. The topological polar surface area (TPSA) is 66.8 Å². The molecule has 12 heavy (non-hydrogen) atoms. The van der Waals surface area contributed by atoms with Crippen molar-refractivity contribution in [2.24, 2.45) is 0 Å². The first kappa shape index (κ1) is 11.4. The molecule has 0 aliphatic carbocycles. The maximum absolute atomic E-state index is 10.3. The van der Waals surface area contributed by atoms with E-state index in [0.717, 1.165) is 0 Å². The SMILES string of the molecule is CC[C@H](O)C[C@H](O)COC(C)=O. The highest BCUT2D eigenvalue weighted by atomic mass is 16.5. The normalized spacial score (nSPS) is 15.3. The fourth-order valence-electron chi connectivity index (χ4n) is 0.762. The number of hydrogen-bond acceptors (Lipinski definition) is 4. The molecule has 0 aliphatic heterocycles. The fraction of sp³-hybridized carbons (Fsp3) is 0.875. The van der Waals surface area contributed by atoms with Crippen molar-refractivity contribution in [1.29, 1.82) is 0 Å². The predicted molar refractivity (Wildman–Crippen MR) is 43.6 cm³/mol. The molecule has 0 rings (SSSR count). The Morgan fingerprint density at radius 2 is 2.00 bits per heavy atom. The average Bonchev–Trinajstić information content (AvgIpc) is 2.00. The van der Waals surface area contributed by atoms with Crippen LogP contribution in [0.2, 0.25) is 0 Å². The quantitative estimate of drug-likeness (QED) is 0.582. The fourth-order valence-corrected chi connectivity index (χ4v) is 0.762. The summed E-state index contributed by atoms with van der Waals surface area (Å²) in [6, 6.07) is 0. The molecule has 0 fully saturated rings. The van der Waals surface area contributed by atoms with Crippen molar-refractivity contribution in [1.82, 2.24) is 0 Å². The van der Waals surface area contributed by atoms with Gasteiger partial charge in [0.05, 0.1) is 12.2 Å². The molecule has 0 aromatic heterocycles. The van der Waals surface area contributed by atoms with Crippen LogP contribution in [0, 0.1) is 0 Å². The lowest BCUT2D eigenvalue weighted by Gasteiger charge is -2.13. The van der Waals surface area contributed by atoms with Crippen LogP contribution in [-0.2, 0) is 9.53 Å². The molecule has 72 valence electrons. The van der Waals surface area contributed by atoms with Gasteiger partial charge in [0, 0.05) is 13.3 Å². The average molecular weight is 176 g/mol. The molecule has 2 N–H and O–H groups in total. The number of carbonyl (C=O) groups is 1. The number of ether oxygens (including phenoxy) is 1. The molecule has 4 heteroatoms. The Hall–Kier alpha value is -0.610. The maximum Gasteiger partial charge on any atom is 0.302 e. The van der Waals surface area contributed by atoms with Gasteiger partial charge in [-0.1, -0.05) is 6.92 Å². The van der Waals surface area contributed by atoms with Gasteiger partial charge in [-0.25, -0.2) is 0 Å². The third-order valence-corrected chi connectivity index (χ3v) is 1.49. The highest BCUT2D eigenvalue weighted by molar-refractivity contribution is 5.65. The van der Waals surface area contributed by atoms with E-state index >= 15 is 0 Å². The summed E-state index contributed by atoms with van der Waals surface area (Å²) in [5, 5.41) is 18.3. The van der Waals surface area contributed by atoms with Crippen LogP contribution in [0.4, 0.5) is 0 Å². The first-order valence-electron chi connectivity index (χ1n) is 4.05. The van der Waals surface area contributed by atoms with E-state index in [4.69, 9.17) is 10.2 Å². The van der Waals surface area contributed by atoms with Crippen LogP contribution in [0.1, 0.15) is 26.7 Å². The Bertz CT molecular complexity index is 135. The van der Waals surface area contributed by atoms with Gasteiger partial charge in [0.25, 0.3) is 0 Å². The van der Waals surface area contributed by atoms with E-state index in [0.29, 0.717) is 6.42 Å². The molecule has 0 aromatic rings. The summed E-state index contributed by atoms with van der Waals surface area (Å²) < 4.78 is 4.55. The van der Waals surface area contributed by atoms with E-state index < -0.39 is 18.2 Å². The standard InChI is InChI=1S/C8H16O4/c1-3-7(10)4-8(11)5-12-6(2)9/h7-8,10-11H,3-5H2,1-2H3/t7-,8-/m0/s1. The number of aliphatic hydroxyl groups is 2. The Labute approximate surface area is 72.2 Å². The summed E-state index contributed by atoms with van der Waals surface area (Å²) in [7, 11) is 0. The van der Waals surface area contributed by atoms with Crippen molar-refractivity contribution < 1.29 is 19.7 Å². The van der Waals surface area contributed by atoms with Crippen molar-refractivity contribution >= 4 is 5.97 Å². The summed E-state index contributed by atoms with van der Waals surface area (Å²) in [6.07, 6.45) is -0.430. The van der Waals surface area contributed by atoms with Crippen molar-refractivity contribution in [3.63, 3.8) is 0 Å². The third kappa shape index (κ3) is 6.12. The molecule has 0 amide bonds. The van der Waals surface area contributed by atoms with E-state index in [1.165, 1.54) is 6.92 Å². The lowest BCUT2D eigenvalue weighted by atomic mass is 10.1. The van der Waals surface area contributed by atoms with Crippen LogP contribution >= 0.6 is 0 Å². The van der Waals surface area contributed by atoms with Crippen LogP contribution in [0.5, 0.6) is 0 Å². The lowest BCUT2D eigenvalue weighted by molar-refractivity contribution is -0.144. The van der Waals surface area contributed by atoms with Crippen LogP contribution in [0.3, 0.4) is 0 Å². The van der Waals surface area contributed by atoms with Crippen molar-refractivity contribution in [3.8, 4) is 0 Å². The zero-order valence-electron chi connectivity index (χ0n) is 7.49. The minimum atomic E-state index is -0.760. The molecule has 4 nitrogen and oxygen atoms in total. The molecular weight excluding hydrogens is 160 g/mol. The van der Waals surface area contributed by atoms with Gasteiger partial charge in [-0.2, -0.15) is 0 Å². The smallest absolute Gasteiger partial charge is 0.302 e. The zero-order chi connectivity index (χ0) is 9.56. The molecule has 0 saturated carbocycles. The van der Waals surface area contributed by atoms with E-state index in [2.05, 4.69) is 4.74 Å². The highest BCUT2D eigenvalue weighted by Gasteiger charge is 2.11. The van der Waals surface area contributed by atoms with Crippen molar-refractivity contribution in [3.05, 3.63) is 0 Å². The van der Waals surface area contributed by atoms with Gasteiger partial charge in [0.2, 0.25) is 0 Å². The summed E-state index contributed by atoms with van der Waals surface area (Å²) in [5.74, 6) is -0.417. The van der Waals surface area contributed by atoms with E-state index in [1.807, 2.05) is 6.92 Å². The van der Waals surface area contributed by atoms with Crippen molar-refractivity contribution in [2.75, 3.05) is 6.61 Å². The Morgan fingerprint density at radius 1 is 1.42 bits per heavy atom. The highest BCUT2D eigenvalue weighted by Crippen LogP contribution is 2.02. The zero-order valence-corrected chi connectivity index (χ0v) is 7.49. The van der Waals surface area contributed by atoms with Gasteiger partial charge in [-0.15, -0.1) is 0 Å². The van der Waals surface area contributed by atoms with Gasteiger partial charge >= 0.3 is 5.97 Å². The minimum absolute atomic E-state index is 0.0353. The second-order valence-corrected chi connectivity index (χ2v) is 2.75. The van der Waals surface area contributed by atoms with Gasteiger partial charge in [-0.3, -0.25) is 4.79 Å². The number of aliphatic hydroxyl groups excluding tert-OH is 2. The number of esters is 1. The lowest BCUT2D eigenvalue weighted by Crippen LogP contribution is -2.23. The molecule has 0 saturated heterocycles. The molecule has 2 atom stereocenters. The van der Waals surface area contributed by atoms with Crippen LogP contribution in [-0.4, -0.2) is 35.0 Å². The molecule has 0 aromatic carbocycles. The van der Waals surface area contributed by atoms with Gasteiger partial charge in [-0.05, 0) is 6.42 Å².